The van der Waals surface area contributed by atoms with Gasteiger partial charge in [0.05, 0.1) is 12.7 Å². The van der Waals surface area contributed by atoms with Gasteiger partial charge in [-0.1, -0.05) is 90.1 Å². The molecule has 2 N–H and O–H groups in total. The van der Waals surface area contributed by atoms with Crippen LogP contribution in [0.2, 0.25) is 0 Å². The number of epoxide rings is 1. The van der Waals surface area contributed by atoms with E-state index in [0.717, 1.165) is 35.8 Å². The van der Waals surface area contributed by atoms with Gasteiger partial charge in [0.2, 0.25) is 0 Å². The highest BCUT2D eigenvalue weighted by molar-refractivity contribution is 5.43. The molecule has 0 amide bonds. The van der Waals surface area contributed by atoms with Gasteiger partial charge in [0, 0.05) is 17.4 Å². The number of phenolic OH excluding ortho intramolecular Hbond substituents is 1. The molecule has 7 nitrogen and oxygen atoms in total. The largest absolute Gasteiger partial charge is 0.508 e. The molecule has 0 saturated carbocycles. The predicted octanol–water partition coefficient (Wildman–Crippen LogP) is 9.45. The summed E-state index contributed by atoms with van der Waals surface area (Å²) < 4.78 is 27.9. The monoisotopic (exact) mass is 698 g/mol. The second-order valence-electron chi connectivity index (χ2n) is 15.2. The summed E-state index contributed by atoms with van der Waals surface area (Å²) in [5.74, 6) is 3.18. The maximum absolute atomic E-state index is 10.00. The van der Waals surface area contributed by atoms with Crippen LogP contribution in [0.3, 0.4) is 0 Å². The van der Waals surface area contributed by atoms with Crippen LogP contribution in [0, 0.1) is 5.92 Å². The maximum atomic E-state index is 10.00. The number of aliphatic hydroxyl groups excluding tert-OH is 1. The first-order chi connectivity index (χ1) is 24.1. The van der Waals surface area contributed by atoms with E-state index in [2.05, 4.69) is 91.8 Å². The van der Waals surface area contributed by atoms with E-state index < -0.39 is 6.10 Å². The van der Waals surface area contributed by atoms with Crippen molar-refractivity contribution in [3.63, 3.8) is 0 Å². The molecule has 1 aliphatic heterocycles. The molecule has 1 fully saturated rings. The lowest BCUT2D eigenvalue weighted by atomic mass is 9.78. The predicted molar refractivity (Wildman–Crippen MR) is 204 cm³/mol. The number of benzene rings is 4. The van der Waals surface area contributed by atoms with Crippen molar-refractivity contribution in [3.8, 4) is 23.0 Å². The van der Waals surface area contributed by atoms with E-state index in [0.29, 0.717) is 19.1 Å². The molecule has 0 spiro atoms. The molecule has 1 heterocycles. The van der Waals surface area contributed by atoms with E-state index in [1.807, 2.05) is 55.5 Å². The first-order valence-corrected chi connectivity index (χ1v) is 18.0. The topological polar surface area (TPSA) is 89.9 Å². The van der Waals surface area contributed by atoms with Gasteiger partial charge in [-0.3, -0.25) is 0 Å². The van der Waals surface area contributed by atoms with Gasteiger partial charge in [0.15, 0.2) is 6.79 Å². The van der Waals surface area contributed by atoms with Crippen molar-refractivity contribution in [2.75, 3.05) is 26.6 Å². The van der Waals surface area contributed by atoms with Crippen molar-refractivity contribution in [1.82, 2.24) is 0 Å². The zero-order valence-electron chi connectivity index (χ0n) is 31.9. The lowest BCUT2D eigenvalue weighted by Gasteiger charge is -2.28. The Morgan fingerprint density at radius 3 is 1.49 bits per heavy atom. The van der Waals surface area contributed by atoms with Crippen LogP contribution in [0.1, 0.15) is 91.0 Å². The number of ether oxygens (including phenoxy) is 5. The summed E-state index contributed by atoms with van der Waals surface area (Å²) in [6.45, 7) is 21.0. The average molecular weight is 699 g/mol. The molecule has 51 heavy (non-hydrogen) atoms. The van der Waals surface area contributed by atoms with Crippen molar-refractivity contribution < 1.29 is 33.9 Å². The Morgan fingerprint density at radius 1 is 0.667 bits per heavy atom. The molecular formula is C44H58O7. The quantitative estimate of drug-likeness (QED) is 0.0685. The van der Waals surface area contributed by atoms with Crippen LogP contribution >= 0.6 is 0 Å². The number of phenols is 1. The first-order valence-electron chi connectivity index (χ1n) is 18.0. The fourth-order valence-corrected chi connectivity index (χ4v) is 5.90. The minimum absolute atomic E-state index is 0.133. The molecule has 7 heteroatoms. The van der Waals surface area contributed by atoms with E-state index in [9.17, 15) is 10.2 Å². The summed E-state index contributed by atoms with van der Waals surface area (Å²) in [6, 6.07) is 31.9. The molecule has 276 valence electrons. The minimum atomic E-state index is -0.432. The van der Waals surface area contributed by atoms with Crippen LogP contribution in [0.25, 0.3) is 0 Å². The molecule has 1 saturated heterocycles. The molecular weight excluding hydrogens is 640 g/mol. The summed E-state index contributed by atoms with van der Waals surface area (Å²) in [7, 11) is 0. The highest BCUT2D eigenvalue weighted by Crippen LogP contribution is 2.36. The number of hydrogen-bond donors (Lipinski definition) is 2. The fourth-order valence-electron chi connectivity index (χ4n) is 5.90. The molecule has 0 aliphatic carbocycles. The summed E-state index contributed by atoms with van der Waals surface area (Å²) in [5.41, 5.74) is 4.18. The second-order valence-corrected chi connectivity index (χ2v) is 15.2. The van der Waals surface area contributed by atoms with Crippen molar-refractivity contribution >= 4 is 0 Å². The molecule has 0 bridgehead atoms. The molecule has 0 radical (unpaired) electrons. The van der Waals surface area contributed by atoms with Gasteiger partial charge in [0.25, 0.3) is 0 Å². The standard InChI is InChI=1S/C26H36O4.C18H22O3/c1-18(2)15-21(27)16-28-22-11-7-19(8-12-22)25(3,4)20-9-13-23(14-10-20)30-26(5,6)24-17-29-24;1-4-20-13-21-17-11-7-15(8-12-17)18(2,3)14-5-9-16(19)10-6-14/h7-14,18,21,24,27H,15-17H2,1-6H3;5-12,19H,4,13H2,1-3H3. The third kappa shape index (κ3) is 11.5. The van der Waals surface area contributed by atoms with E-state index in [-0.39, 0.29) is 35.1 Å². The summed E-state index contributed by atoms with van der Waals surface area (Å²) in [6.07, 6.45) is 0.495. The normalized spacial score (nSPS) is 15.1. The molecule has 2 atom stereocenters. The zero-order chi connectivity index (χ0) is 37.2. The Hall–Kier alpha value is -4.04. The van der Waals surface area contributed by atoms with Crippen LogP contribution in [0.15, 0.2) is 97.1 Å². The molecule has 2 unspecified atom stereocenters. The number of rotatable bonds is 16. The lowest BCUT2D eigenvalue weighted by Crippen LogP contribution is -2.34. The second kappa shape index (κ2) is 17.5. The van der Waals surface area contributed by atoms with Gasteiger partial charge < -0.3 is 33.9 Å². The summed E-state index contributed by atoms with van der Waals surface area (Å²) >= 11 is 0. The van der Waals surface area contributed by atoms with Gasteiger partial charge in [-0.05, 0) is 104 Å². The Labute approximate surface area is 305 Å². The highest BCUT2D eigenvalue weighted by atomic mass is 16.7. The van der Waals surface area contributed by atoms with Crippen LogP contribution in [0.4, 0.5) is 0 Å². The third-order valence-electron chi connectivity index (χ3n) is 9.51. The first kappa shape index (κ1) is 39.7. The highest BCUT2D eigenvalue weighted by Gasteiger charge is 2.41. The van der Waals surface area contributed by atoms with Crippen LogP contribution in [-0.4, -0.2) is 54.6 Å². The van der Waals surface area contributed by atoms with Crippen LogP contribution < -0.4 is 14.2 Å². The molecule has 4 aromatic rings. The smallest absolute Gasteiger partial charge is 0.189 e. The maximum Gasteiger partial charge on any atom is 0.189 e. The van der Waals surface area contributed by atoms with Gasteiger partial charge in [0.1, 0.15) is 41.3 Å². The number of aliphatic hydroxyl groups is 1. The van der Waals surface area contributed by atoms with E-state index in [1.54, 1.807) is 12.1 Å². The molecule has 5 rings (SSSR count). The van der Waals surface area contributed by atoms with E-state index in [4.69, 9.17) is 23.7 Å². The van der Waals surface area contributed by atoms with Crippen molar-refractivity contribution in [2.24, 2.45) is 5.92 Å². The van der Waals surface area contributed by atoms with Crippen molar-refractivity contribution in [1.29, 1.82) is 0 Å². The Morgan fingerprint density at radius 2 is 1.08 bits per heavy atom. The number of aromatic hydroxyl groups is 1. The van der Waals surface area contributed by atoms with Crippen molar-refractivity contribution in [3.05, 3.63) is 119 Å². The molecule has 4 aromatic carbocycles. The fraction of sp³-hybridized carbons (Fsp3) is 0.455. The van der Waals surface area contributed by atoms with Crippen LogP contribution in [0.5, 0.6) is 23.0 Å². The third-order valence-corrected chi connectivity index (χ3v) is 9.51. The minimum Gasteiger partial charge on any atom is -0.508 e. The Kier molecular flexibility index (Phi) is 13.6. The van der Waals surface area contributed by atoms with E-state index >= 15 is 0 Å². The van der Waals surface area contributed by atoms with Crippen LogP contribution in [-0.2, 0) is 20.3 Å². The van der Waals surface area contributed by atoms with E-state index in [1.165, 1.54) is 16.7 Å². The zero-order valence-corrected chi connectivity index (χ0v) is 31.9. The van der Waals surface area contributed by atoms with Crippen molar-refractivity contribution in [2.45, 2.75) is 97.4 Å². The van der Waals surface area contributed by atoms with Gasteiger partial charge in [-0.25, -0.2) is 0 Å². The molecule has 1 aliphatic rings. The Balaban J connectivity index is 0.000000244. The molecule has 0 aromatic heterocycles. The lowest BCUT2D eigenvalue weighted by molar-refractivity contribution is 0.0224. The van der Waals surface area contributed by atoms with Gasteiger partial charge >= 0.3 is 0 Å². The summed E-state index contributed by atoms with van der Waals surface area (Å²) in [4.78, 5) is 0. The summed E-state index contributed by atoms with van der Waals surface area (Å²) in [5, 5.41) is 19.4. The van der Waals surface area contributed by atoms with Gasteiger partial charge in [-0.15, -0.1) is 0 Å². The number of hydrogen-bond acceptors (Lipinski definition) is 7. The van der Waals surface area contributed by atoms with Gasteiger partial charge in [-0.2, -0.15) is 0 Å². The SMILES string of the molecule is CC(C)CC(O)COc1ccc(C(C)(C)c2ccc(OC(C)(C)C3CO3)cc2)cc1.CCOCOc1ccc(C(C)(C)c2ccc(O)cc2)cc1. The Bertz CT molecular complexity index is 1600. The average Bonchev–Trinajstić information content (AvgIpc) is 3.95.